The van der Waals surface area contributed by atoms with Crippen LogP contribution in [0.15, 0.2) is 42.7 Å². The zero-order valence-electron chi connectivity index (χ0n) is 8.95. The van der Waals surface area contributed by atoms with Crippen molar-refractivity contribution in [2.24, 2.45) is 0 Å². The average Bonchev–Trinajstić information content (AvgIpc) is 2.75. The van der Waals surface area contributed by atoms with Crippen LogP contribution in [0.2, 0.25) is 0 Å². The molecule has 0 aliphatic carbocycles. The van der Waals surface area contributed by atoms with Crippen molar-refractivity contribution in [1.29, 1.82) is 0 Å². The maximum Gasteiger partial charge on any atom is 0.232 e. The van der Waals surface area contributed by atoms with Gasteiger partial charge in [0.2, 0.25) is 9.05 Å². The van der Waals surface area contributed by atoms with Crippen LogP contribution >= 0.6 is 10.7 Å². The Bertz CT molecular complexity index is 593. The Morgan fingerprint density at radius 1 is 1.24 bits per heavy atom. The lowest BCUT2D eigenvalue weighted by Gasteiger charge is -1.99. The van der Waals surface area contributed by atoms with Crippen LogP contribution in [0.1, 0.15) is 5.56 Å². The molecular weight excluding hydrogens is 260 g/mol. The van der Waals surface area contributed by atoms with Crippen molar-refractivity contribution in [3.8, 4) is 5.69 Å². The minimum absolute atomic E-state index is 0.0744. The van der Waals surface area contributed by atoms with Crippen molar-refractivity contribution in [2.45, 2.75) is 6.42 Å². The van der Waals surface area contributed by atoms with Crippen molar-refractivity contribution >= 4 is 19.7 Å². The van der Waals surface area contributed by atoms with Crippen LogP contribution in [0, 0.1) is 0 Å². The molecule has 0 atom stereocenters. The van der Waals surface area contributed by atoms with E-state index in [1.165, 1.54) is 0 Å². The monoisotopic (exact) mass is 270 g/mol. The van der Waals surface area contributed by atoms with Gasteiger partial charge in [-0.1, -0.05) is 18.2 Å². The van der Waals surface area contributed by atoms with E-state index in [-0.39, 0.29) is 5.75 Å². The predicted molar refractivity (Wildman–Crippen MR) is 66.9 cm³/mol. The number of rotatable bonds is 4. The molecule has 90 valence electrons. The van der Waals surface area contributed by atoms with Gasteiger partial charge in [-0.3, -0.25) is 0 Å². The highest BCUT2D eigenvalue weighted by atomic mass is 35.7. The number of para-hydroxylation sites is 1. The smallest absolute Gasteiger partial charge is 0.232 e. The first-order valence-electron chi connectivity index (χ1n) is 5.06. The van der Waals surface area contributed by atoms with E-state index in [0.29, 0.717) is 6.42 Å². The number of hydrogen-bond donors (Lipinski definition) is 0. The average molecular weight is 271 g/mol. The van der Waals surface area contributed by atoms with Gasteiger partial charge in [0.25, 0.3) is 0 Å². The summed E-state index contributed by atoms with van der Waals surface area (Å²) in [5.41, 5.74) is 1.78. The fourth-order valence-corrected chi connectivity index (χ4v) is 2.16. The summed E-state index contributed by atoms with van der Waals surface area (Å²) in [5, 5.41) is 4.17. The summed E-state index contributed by atoms with van der Waals surface area (Å²) in [6.07, 6.45) is 3.82. The van der Waals surface area contributed by atoms with Crippen molar-refractivity contribution in [3.05, 3.63) is 48.3 Å². The van der Waals surface area contributed by atoms with Crippen LogP contribution in [0.4, 0.5) is 0 Å². The van der Waals surface area contributed by atoms with Crippen LogP contribution in [0.3, 0.4) is 0 Å². The number of nitrogens with zero attached hydrogens (tertiary/aromatic N) is 2. The fourth-order valence-electron chi connectivity index (χ4n) is 1.45. The minimum Gasteiger partial charge on any atom is -0.241 e. The molecule has 0 fully saturated rings. The molecule has 0 saturated heterocycles. The van der Waals surface area contributed by atoms with Crippen LogP contribution in [0.25, 0.3) is 5.69 Å². The predicted octanol–water partition coefficient (Wildman–Crippen LogP) is 1.98. The van der Waals surface area contributed by atoms with Crippen molar-refractivity contribution in [2.75, 3.05) is 5.75 Å². The normalized spacial score (nSPS) is 11.6. The molecule has 0 aliphatic heterocycles. The second kappa shape index (κ2) is 4.89. The molecule has 0 N–H and O–H groups in total. The van der Waals surface area contributed by atoms with Gasteiger partial charge in [0.1, 0.15) is 0 Å². The zero-order valence-corrected chi connectivity index (χ0v) is 10.5. The Morgan fingerprint density at radius 3 is 2.59 bits per heavy atom. The highest BCUT2D eigenvalue weighted by molar-refractivity contribution is 8.13. The van der Waals surface area contributed by atoms with Crippen molar-refractivity contribution in [3.63, 3.8) is 0 Å². The van der Waals surface area contributed by atoms with Crippen LogP contribution in [-0.4, -0.2) is 24.0 Å². The van der Waals surface area contributed by atoms with Crippen molar-refractivity contribution in [1.82, 2.24) is 9.78 Å². The SMILES string of the molecule is O=S(=O)(Cl)CCc1cnn(-c2ccccc2)c1. The van der Waals surface area contributed by atoms with Gasteiger partial charge in [-0.2, -0.15) is 5.10 Å². The minimum atomic E-state index is -3.44. The quantitative estimate of drug-likeness (QED) is 0.799. The van der Waals surface area contributed by atoms with E-state index in [1.54, 1.807) is 17.1 Å². The number of halogens is 1. The summed E-state index contributed by atoms with van der Waals surface area (Å²) >= 11 is 0. The third kappa shape index (κ3) is 3.57. The lowest BCUT2D eigenvalue weighted by atomic mass is 10.3. The molecule has 4 nitrogen and oxygen atoms in total. The molecule has 0 spiro atoms. The van der Waals surface area contributed by atoms with E-state index in [4.69, 9.17) is 10.7 Å². The summed E-state index contributed by atoms with van der Waals surface area (Å²) in [4.78, 5) is 0. The van der Waals surface area contributed by atoms with Gasteiger partial charge < -0.3 is 0 Å². The van der Waals surface area contributed by atoms with Gasteiger partial charge in [-0.25, -0.2) is 13.1 Å². The molecule has 0 amide bonds. The van der Waals surface area contributed by atoms with Crippen molar-refractivity contribution < 1.29 is 8.42 Å². The summed E-state index contributed by atoms with van der Waals surface area (Å²) in [6, 6.07) is 9.61. The first kappa shape index (κ1) is 12.1. The van der Waals surface area contributed by atoms with E-state index in [2.05, 4.69) is 5.10 Å². The second-order valence-electron chi connectivity index (χ2n) is 3.62. The third-order valence-corrected chi connectivity index (χ3v) is 3.45. The van der Waals surface area contributed by atoms with Gasteiger partial charge in [-0.05, 0) is 24.1 Å². The molecular formula is C11H11ClN2O2S. The summed E-state index contributed by atoms with van der Waals surface area (Å²) in [7, 11) is 1.71. The summed E-state index contributed by atoms with van der Waals surface area (Å²) in [5.74, 6) is -0.0744. The Hall–Kier alpha value is -1.33. The van der Waals surface area contributed by atoms with E-state index in [1.807, 2.05) is 30.3 Å². The Labute approximate surface area is 104 Å². The number of aromatic nitrogens is 2. The lowest BCUT2D eigenvalue weighted by Crippen LogP contribution is -2.00. The highest BCUT2D eigenvalue weighted by Gasteiger charge is 2.07. The fraction of sp³-hybridized carbons (Fsp3) is 0.182. The summed E-state index contributed by atoms with van der Waals surface area (Å²) < 4.78 is 23.3. The van der Waals surface area contributed by atoms with E-state index < -0.39 is 9.05 Å². The lowest BCUT2D eigenvalue weighted by molar-refractivity contribution is 0.609. The zero-order chi connectivity index (χ0) is 12.3. The Kier molecular flexibility index (Phi) is 3.49. The number of hydrogen-bond acceptors (Lipinski definition) is 3. The van der Waals surface area contributed by atoms with Gasteiger partial charge in [0.05, 0.1) is 17.6 Å². The number of aryl methyl sites for hydroxylation is 1. The summed E-state index contributed by atoms with van der Waals surface area (Å²) in [6.45, 7) is 0. The molecule has 17 heavy (non-hydrogen) atoms. The molecule has 1 aromatic heterocycles. The first-order valence-corrected chi connectivity index (χ1v) is 7.54. The molecule has 0 unspecified atom stereocenters. The highest BCUT2D eigenvalue weighted by Crippen LogP contribution is 2.09. The standard InChI is InChI=1S/C11H11ClN2O2S/c12-17(15,16)7-6-10-8-13-14(9-10)11-4-2-1-3-5-11/h1-5,8-9H,6-7H2. The molecule has 2 aromatic rings. The molecule has 0 saturated carbocycles. The Morgan fingerprint density at radius 2 is 1.94 bits per heavy atom. The second-order valence-corrected chi connectivity index (χ2v) is 6.52. The Balaban J connectivity index is 2.12. The maximum absolute atomic E-state index is 10.8. The van der Waals surface area contributed by atoms with Gasteiger partial charge in [0.15, 0.2) is 0 Å². The molecule has 1 heterocycles. The van der Waals surface area contributed by atoms with Crippen LogP contribution in [-0.2, 0) is 15.5 Å². The molecule has 0 bridgehead atoms. The molecule has 6 heteroatoms. The van der Waals surface area contributed by atoms with Crippen LogP contribution in [0.5, 0.6) is 0 Å². The molecule has 0 radical (unpaired) electrons. The molecule has 2 rings (SSSR count). The van der Waals surface area contributed by atoms with Gasteiger partial charge in [0, 0.05) is 16.9 Å². The third-order valence-electron chi connectivity index (χ3n) is 2.29. The van der Waals surface area contributed by atoms with Gasteiger partial charge in [-0.15, -0.1) is 0 Å². The maximum atomic E-state index is 10.8. The molecule has 1 aromatic carbocycles. The van der Waals surface area contributed by atoms with E-state index in [9.17, 15) is 8.42 Å². The van der Waals surface area contributed by atoms with Gasteiger partial charge >= 0.3 is 0 Å². The van der Waals surface area contributed by atoms with E-state index >= 15 is 0 Å². The topological polar surface area (TPSA) is 52.0 Å². The first-order chi connectivity index (χ1) is 8.04. The molecule has 0 aliphatic rings. The van der Waals surface area contributed by atoms with Crippen LogP contribution < -0.4 is 0 Å². The largest absolute Gasteiger partial charge is 0.241 e. The van der Waals surface area contributed by atoms with E-state index in [0.717, 1.165) is 11.3 Å². The number of benzene rings is 1.